The Hall–Kier alpha value is -1.77. The van der Waals surface area contributed by atoms with Gasteiger partial charge in [-0.3, -0.25) is 4.57 Å². The molecule has 0 bridgehead atoms. The summed E-state index contributed by atoms with van der Waals surface area (Å²) in [6.07, 6.45) is 0. The monoisotopic (exact) mass is 451 g/mol. The van der Waals surface area contributed by atoms with E-state index in [2.05, 4.69) is 33.1 Å². The zero-order valence-electron chi connectivity index (χ0n) is 15.6. The average Bonchev–Trinajstić information content (AvgIpc) is 2.67. The fraction of sp³-hybridized carbons (Fsp3) is 0.300. The molecule has 2 aromatic rings. The van der Waals surface area contributed by atoms with Gasteiger partial charge in [0.15, 0.2) is 5.78 Å². The van der Waals surface area contributed by atoms with E-state index < -0.39 is 13.4 Å². The lowest BCUT2D eigenvalue weighted by Gasteiger charge is -2.24. The van der Waals surface area contributed by atoms with Crippen LogP contribution in [0.1, 0.15) is 19.4 Å². The minimum absolute atomic E-state index is 0.262. The third kappa shape index (κ3) is 6.41. The lowest BCUT2D eigenvalue weighted by atomic mass is 10.2. The maximum absolute atomic E-state index is 13.3. The molecule has 1 atom stereocenters. The first-order chi connectivity index (χ1) is 13.0. The van der Waals surface area contributed by atoms with Crippen molar-refractivity contribution in [1.82, 2.24) is 0 Å². The Morgan fingerprint density at radius 2 is 1.63 bits per heavy atom. The van der Waals surface area contributed by atoms with Crippen molar-refractivity contribution in [2.75, 3.05) is 25.6 Å². The number of halogens is 1. The maximum atomic E-state index is 13.3. The molecule has 1 N–H and O–H groups in total. The van der Waals surface area contributed by atoms with E-state index in [-0.39, 0.29) is 13.2 Å². The second kappa shape index (κ2) is 10.5. The van der Waals surface area contributed by atoms with Crippen LogP contribution in [0.2, 0.25) is 0 Å². The molecular formula is C20H23BrNO4P. The Kier molecular flexibility index (Phi) is 8.40. The number of nitrogens with one attached hydrogen (secondary N) is 1. The van der Waals surface area contributed by atoms with Gasteiger partial charge in [0, 0.05) is 15.7 Å². The first-order valence-electron chi connectivity index (χ1n) is 8.57. The SMILES string of the molecule is CCOP(=O)(OCC)C(C#Cc1ccc(Br)cc1)Nc1ccc(OC)cc1. The van der Waals surface area contributed by atoms with Crippen molar-refractivity contribution >= 4 is 29.2 Å². The minimum atomic E-state index is -3.49. The smallest absolute Gasteiger partial charge is 0.364 e. The largest absolute Gasteiger partial charge is 0.497 e. The van der Waals surface area contributed by atoms with E-state index in [0.717, 1.165) is 21.5 Å². The van der Waals surface area contributed by atoms with Gasteiger partial charge in [-0.05, 0) is 62.4 Å². The highest BCUT2D eigenvalue weighted by atomic mass is 79.9. The van der Waals surface area contributed by atoms with Gasteiger partial charge >= 0.3 is 7.60 Å². The summed E-state index contributed by atoms with van der Waals surface area (Å²) in [5.74, 6) is 5.99. The second-order valence-corrected chi connectivity index (χ2v) is 8.46. The van der Waals surface area contributed by atoms with Gasteiger partial charge < -0.3 is 19.1 Å². The first-order valence-corrected chi connectivity index (χ1v) is 11.0. The van der Waals surface area contributed by atoms with Crippen LogP contribution in [-0.2, 0) is 13.6 Å². The summed E-state index contributed by atoms with van der Waals surface area (Å²) in [6.45, 7) is 4.08. The van der Waals surface area contributed by atoms with Crippen molar-refractivity contribution in [1.29, 1.82) is 0 Å². The lowest BCUT2D eigenvalue weighted by molar-refractivity contribution is 0.218. The van der Waals surface area contributed by atoms with Crippen LogP contribution in [-0.4, -0.2) is 26.1 Å². The van der Waals surface area contributed by atoms with Crippen molar-refractivity contribution in [3.8, 4) is 17.6 Å². The van der Waals surface area contributed by atoms with Crippen LogP contribution in [0.5, 0.6) is 5.75 Å². The molecule has 0 amide bonds. The standard InChI is InChI=1S/C20H23BrNO4P/c1-4-25-27(23,26-5-2)20(15-8-16-6-9-17(21)10-7-16)22-18-11-13-19(24-3)14-12-18/h6-7,9-14,20,22H,4-5H2,1-3H3. The normalized spacial score (nSPS) is 12.0. The van der Waals surface area contributed by atoms with Crippen molar-refractivity contribution in [3.63, 3.8) is 0 Å². The number of hydrogen-bond acceptors (Lipinski definition) is 5. The molecule has 0 aliphatic rings. The van der Waals surface area contributed by atoms with Gasteiger partial charge in [-0.25, -0.2) is 0 Å². The molecule has 0 saturated carbocycles. The molecule has 2 aromatic carbocycles. The predicted molar refractivity (Wildman–Crippen MR) is 112 cm³/mol. The highest BCUT2D eigenvalue weighted by molar-refractivity contribution is 9.10. The number of anilines is 1. The number of benzene rings is 2. The second-order valence-electron chi connectivity index (χ2n) is 5.43. The Bertz CT molecular complexity index is 818. The Morgan fingerprint density at radius 3 is 2.15 bits per heavy atom. The van der Waals surface area contributed by atoms with Gasteiger partial charge in [0.25, 0.3) is 0 Å². The summed E-state index contributed by atoms with van der Waals surface area (Å²) in [4.78, 5) is 0. The quantitative estimate of drug-likeness (QED) is 0.423. The molecule has 0 spiro atoms. The summed E-state index contributed by atoms with van der Waals surface area (Å²) >= 11 is 3.40. The van der Waals surface area contributed by atoms with E-state index in [9.17, 15) is 4.57 Å². The van der Waals surface area contributed by atoms with E-state index in [0.29, 0.717) is 0 Å². The molecule has 0 saturated heterocycles. The average molecular weight is 452 g/mol. The maximum Gasteiger partial charge on any atom is 0.364 e. The van der Waals surface area contributed by atoms with Gasteiger partial charge in [0.1, 0.15) is 5.75 Å². The third-order valence-corrected chi connectivity index (χ3v) is 6.18. The van der Waals surface area contributed by atoms with Crippen LogP contribution < -0.4 is 10.1 Å². The Labute approximate surface area is 169 Å². The predicted octanol–water partition coefficient (Wildman–Crippen LogP) is 5.51. The molecule has 27 heavy (non-hydrogen) atoms. The van der Waals surface area contributed by atoms with Gasteiger partial charge in [0.05, 0.1) is 20.3 Å². The Balaban J connectivity index is 2.34. The molecule has 0 aliphatic heterocycles. The third-order valence-electron chi connectivity index (χ3n) is 3.53. The number of hydrogen-bond donors (Lipinski definition) is 1. The number of ether oxygens (including phenoxy) is 1. The first kappa shape index (κ1) is 21.5. The lowest BCUT2D eigenvalue weighted by Crippen LogP contribution is -2.21. The van der Waals surface area contributed by atoms with Gasteiger partial charge in [-0.2, -0.15) is 0 Å². The van der Waals surface area contributed by atoms with Gasteiger partial charge in [0.2, 0.25) is 0 Å². The van der Waals surface area contributed by atoms with Crippen molar-refractivity contribution < 1.29 is 18.3 Å². The summed E-state index contributed by atoms with van der Waals surface area (Å²) in [5.41, 5.74) is 1.55. The van der Waals surface area contributed by atoms with E-state index >= 15 is 0 Å². The zero-order chi connectivity index (χ0) is 19.7. The molecule has 0 aliphatic carbocycles. The van der Waals surface area contributed by atoms with Crippen LogP contribution in [0.4, 0.5) is 5.69 Å². The molecule has 2 rings (SSSR count). The Morgan fingerprint density at radius 1 is 1.04 bits per heavy atom. The van der Waals surface area contributed by atoms with E-state index in [1.54, 1.807) is 21.0 Å². The fourth-order valence-electron chi connectivity index (χ4n) is 2.27. The van der Waals surface area contributed by atoms with Crippen LogP contribution in [0.3, 0.4) is 0 Å². The van der Waals surface area contributed by atoms with Gasteiger partial charge in [-0.1, -0.05) is 27.8 Å². The summed E-state index contributed by atoms with van der Waals surface area (Å²) in [5, 5.41) is 3.17. The fourth-order valence-corrected chi connectivity index (χ4v) is 4.16. The molecule has 0 heterocycles. The van der Waals surface area contributed by atoms with Crippen LogP contribution in [0, 0.1) is 11.8 Å². The molecule has 1 unspecified atom stereocenters. The van der Waals surface area contributed by atoms with Crippen LogP contribution >= 0.6 is 23.5 Å². The topological polar surface area (TPSA) is 56.8 Å². The van der Waals surface area contributed by atoms with Crippen molar-refractivity contribution in [2.45, 2.75) is 19.6 Å². The minimum Gasteiger partial charge on any atom is -0.497 e. The molecule has 144 valence electrons. The molecule has 5 nitrogen and oxygen atoms in total. The molecule has 7 heteroatoms. The van der Waals surface area contributed by atoms with Crippen molar-refractivity contribution in [2.24, 2.45) is 0 Å². The summed E-state index contributed by atoms with van der Waals surface area (Å²) < 4.78 is 30.4. The summed E-state index contributed by atoms with van der Waals surface area (Å²) in [6, 6.07) is 14.9. The number of methoxy groups -OCH3 is 1. The summed E-state index contributed by atoms with van der Waals surface area (Å²) in [7, 11) is -1.88. The highest BCUT2D eigenvalue weighted by Gasteiger charge is 2.34. The van der Waals surface area contributed by atoms with Crippen LogP contribution in [0.15, 0.2) is 53.0 Å². The number of rotatable bonds is 8. The zero-order valence-corrected chi connectivity index (χ0v) is 18.0. The molecule has 0 fully saturated rings. The molecule has 0 radical (unpaired) electrons. The van der Waals surface area contributed by atoms with E-state index in [4.69, 9.17) is 13.8 Å². The highest BCUT2D eigenvalue weighted by Crippen LogP contribution is 2.52. The van der Waals surface area contributed by atoms with E-state index in [1.165, 1.54) is 0 Å². The van der Waals surface area contributed by atoms with Crippen molar-refractivity contribution in [3.05, 3.63) is 58.6 Å². The molecular weight excluding hydrogens is 429 g/mol. The molecule has 0 aromatic heterocycles. The van der Waals surface area contributed by atoms with E-state index in [1.807, 2.05) is 48.5 Å². The van der Waals surface area contributed by atoms with Crippen LogP contribution in [0.25, 0.3) is 0 Å². The van der Waals surface area contributed by atoms with Gasteiger partial charge in [-0.15, -0.1) is 0 Å².